The molecule has 1 atom stereocenters. The summed E-state index contributed by atoms with van der Waals surface area (Å²) >= 11 is 0. The van der Waals surface area contributed by atoms with Crippen molar-refractivity contribution in [3.05, 3.63) is 82.9 Å². The first-order valence-electron chi connectivity index (χ1n) is 9.43. The van der Waals surface area contributed by atoms with Gasteiger partial charge >= 0.3 is 0 Å². The van der Waals surface area contributed by atoms with Gasteiger partial charge in [-0.05, 0) is 55.0 Å². The number of fused-ring (bicyclic) bond motifs is 1. The van der Waals surface area contributed by atoms with Gasteiger partial charge in [0.05, 0.1) is 4.90 Å². The molecule has 28 heavy (non-hydrogen) atoms. The zero-order valence-electron chi connectivity index (χ0n) is 16.1. The fourth-order valence-corrected chi connectivity index (χ4v) is 5.49. The molecule has 0 amide bonds. The van der Waals surface area contributed by atoms with Crippen molar-refractivity contribution in [1.29, 1.82) is 0 Å². The van der Waals surface area contributed by atoms with Crippen LogP contribution in [0.15, 0.2) is 76.7 Å². The van der Waals surface area contributed by atoms with Crippen LogP contribution >= 0.6 is 0 Å². The maximum atomic E-state index is 13.1. The lowest BCUT2D eigenvalue weighted by Crippen LogP contribution is -2.29. The van der Waals surface area contributed by atoms with Gasteiger partial charge in [0.1, 0.15) is 0 Å². The van der Waals surface area contributed by atoms with Gasteiger partial charge in [0.2, 0.25) is 10.0 Å². The number of hydrogen-bond acceptors (Lipinski definition) is 3. The Morgan fingerprint density at radius 1 is 1.04 bits per heavy atom. The van der Waals surface area contributed by atoms with Crippen LogP contribution in [0.3, 0.4) is 0 Å². The predicted molar refractivity (Wildman–Crippen MR) is 110 cm³/mol. The highest BCUT2D eigenvalue weighted by atomic mass is 32.2. The number of rotatable bonds is 4. The third-order valence-corrected chi connectivity index (χ3v) is 7.40. The SMILES string of the molecule is CC(=O)C1=C(c2ccccc2)C[C@@H]2CN(S(=O)(=O)c3ccc(C)cc3)CC2=C1. The zero-order chi connectivity index (χ0) is 19.9. The Kier molecular flexibility index (Phi) is 4.81. The fraction of sp³-hybridized carbons (Fsp3) is 0.261. The first kappa shape index (κ1) is 18.8. The quantitative estimate of drug-likeness (QED) is 0.789. The van der Waals surface area contributed by atoms with E-state index in [2.05, 4.69) is 0 Å². The molecule has 0 bridgehead atoms. The topological polar surface area (TPSA) is 54.5 Å². The van der Waals surface area contributed by atoms with E-state index in [4.69, 9.17) is 0 Å². The lowest BCUT2D eigenvalue weighted by molar-refractivity contribution is -0.113. The van der Waals surface area contributed by atoms with Gasteiger partial charge in [-0.2, -0.15) is 4.31 Å². The summed E-state index contributed by atoms with van der Waals surface area (Å²) in [6.07, 6.45) is 2.61. The Balaban J connectivity index is 1.65. The summed E-state index contributed by atoms with van der Waals surface area (Å²) in [5.74, 6) is 0.128. The Hall–Kier alpha value is -2.50. The molecule has 0 saturated carbocycles. The van der Waals surface area contributed by atoms with Crippen molar-refractivity contribution in [2.75, 3.05) is 13.1 Å². The van der Waals surface area contributed by atoms with E-state index in [0.29, 0.717) is 30.0 Å². The smallest absolute Gasteiger partial charge is 0.243 e. The van der Waals surface area contributed by atoms with Gasteiger partial charge < -0.3 is 0 Å². The minimum absolute atomic E-state index is 0.0182. The van der Waals surface area contributed by atoms with E-state index in [-0.39, 0.29) is 11.7 Å². The normalized spacial score (nSPS) is 20.1. The molecule has 1 aliphatic heterocycles. The third kappa shape index (κ3) is 3.36. The molecule has 4 rings (SSSR count). The molecule has 1 aliphatic carbocycles. The van der Waals surface area contributed by atoms with E-state index in [9.17, 15) is 13.2 Å². The molecule has 144 valence electrons. The van der Waals surface area contributed by atoms with E-state index in [0.717, 1.165) is 22.3 Å². The number of ketones is 1. The van der Waals surface area contributed by atoms with Crippen molar-refractivity contribution in [2.45, 2.75) is 25.2 Å². The molecule has 5 heteroatoms. The van der Waals surface area contributed by atoms with E-state index >= 15 is 0 Å². The van der Waals surface area contributed by atoms with Crippen molar-refractivity contribution < 1.29 is 13.2 Å². The highest BCUT2D eigenvalue weighted by Gasteiger charge is 2.38. The van der Waals surface area contributed by atoms with Crippen LogP contribution in [0.4, 0.5) is 0 Å². The monoisotopic (exact) mass is 393 g/mol. The van der Waals surface area contributed by atoms with E-state index in [1.807, 2.05) is 55.5 Å². The van der Waals surface area contributed by atoms with Crippen LogP contribution in [-0.2, 0) is 14.8 Å². The molecular weight excluding hydrogens is 370 g/mol. The van der Waals surface area contributed by atoms with Gasteiger partial charge in [-0.1, -0.05) is 54.1 Å². The largest absolute Gasteiger partial charge is 0.295 e. The highest BCUT2D eigenvalue weighted by Crippen LogP contribution is 2.40. The Morgan fingerprint density at radius 3 is 2.36 bits per heavy atom. The van der Waals surface area contributed by atoms with Crippen LogP contribution in [0.5, 0.6) is 0 Å². The molecular formula is C23H23NO3S. The lowest BCUT2D eigenvalue weighted by Gasteiger charge is -2.22. The summed E-state index contributed by atoms with van der Waals surface area (Å²) in [5, 5.41) is 0. The van der Waals surface area contributed by atoms with Crippen molar-refractivity contribution >= 4 is 21.4 Å². The van der Waals surface area contributed by atoms with Crippen LogP contribution in [0.25, 0.3) is 5.57 Å². The maximum Gasteiger partial charge on any atom is 0.243 e. The Bertz CT molecular complexity index is 1080. The molecule has 0 N–H and O–H groups in total. The molecule has 4 nitrogen and oxygen atoms in total. The zero-order valence-corrected chi connectivity index (χ0v) is 16.9. The predicted octanol–water partition coefficient (Wildman–Crippen LogP) is 3.99. The minimum atomic E-state index is -3.54. The molecule has 0 spiro atoms. The highest BCUT2D eigenvalue weighted by molar-refractivity contribution is 7.89. The van der Waals surface area contributed by atoms with Crippen LogP contribution in [0, 0.1) is 12.8 Å². The molecule has 2 aromatic rings. The van der Waals surface area contributed by atoms with Crippen LogP contribution in [0.1, 0.15) is 24.5 Å². The first-order valence-corrected chi connectivity index (χ1v) is 10.9. The van der Waals surface area contributed by atoms with Crippen LogP contribution in [-0.4, -0.2) is 31.6 Å². The van der Waals surface area contributed by atoms with Gasteiger partial charge in [0, 0.05) is 18.7 Å². The Labute approximate surface area is 166 Å². The van der Waals surface area contributed by atoms with E-state index < -0.39 is 10.0 Å². The summed E-state index contributed by atoms with van der Waals surface area (Å²) < 4.78 is 27.7. The molecule has 1 fully saturated rings. The number of nitrogens with zero attached hydrogens (tertiary/aromatic N) is 1. The number of benzene rings is 2. The summed E-state index contributed by atoms with van der Waals surface area (Å²) in [5.41, 5.74) is 4.80. The number of carbonyl (C=O) groups excluding carboxylic acids is 1. The first-order chi connectivity index (χ1) is 13.4. The van der Waals surface area contributed by atoms with Crippen molar-refractivity contribution in [2.24, 2.45) is 5.92 Å². The lowest BCUT2D eigenvalue weighted by atomic mass is 9.81. The van der Waals surface area contributed by atoms with Gasteiger partial charge in [0.25, 0.3) is 0 Å². The minimum Gasteiger partial charge on any atom is -0.295 e. The number of carbonyl (C=O) groups is 1. The maximum absolute atomic E-state index is 13.1. The standard InChI is InChI=1S/C23H23NO3S/c1-16-8-10-21(11-9-16)28(26,27)24-14-19-12-22(17(2)25)23(13-20(19)15-24)18-6-4-3-5-7-18/h3-12,20H,13-15H2,1-2H3/t20-/m1/s1. The number of allylic oxidation sites excluding steroid dienone is 3. The molecule has 1 saturated heterocycles. The van der Waals surface area contributed by atoms with Gasteiger partial charge in [-0.25, -0.2) is 8.42 Å². The number of Topliss-reactive ketones (excluding diaryl/α,β-unsaturated/α-hetero) is 1. The summed E-state index contributed by atoms with van der Waals surface area (Å²) in [4.78, 5) is 12.6. The number of sulfonamides is 1. The molecule has 0 aromatic heterocycles. The van der Waals surface area contributed by atoms with Gasteiger partial charge in [-0.3, -0.25) is 4.79 Å². The molecule has 0 unspecified atom stereocenters. The van der Waals surface area contributed by atoms with Gasteiger partial charge in [0.15, 0.2) is 5.78 Å². The average molecular weight is 394 g/mol. The second-order valence-electron chi connectivity index (χ2n) is 7.55. The fourth-order valence-electron chi connectivity index (χ4n) is 4.02. The summed E-state index contributed by atoms with van der Waals surface area (Å²) in [7, 11) is -3.54. The number of hydrogen-bond donors (Lipinski definition) is 0. The van der Waals surface area contributed by atoms with E-state index in [1.165, 1.54) is 0 Å². The second kappa shape index (κ2) is 7.15. The van der Waals surface area contributed by atoms with Crippen LogP contribution in [0.2, 0.25) is 0 Å². The van der Waals surface area contributed by atoms with Crippen molar-refractivity contribution in [3.63, 3.8) is 0 Å². The van der Waals surface area contributed by atoms with Crippen LogP contribution < -0.4 is 0 Å². The average Bonchev–Trinajstić information content (AvgIpc) is 3.12. The summed E-state index contributed by atoms with van der Waals surface area (Å²) in [6, 6.07) is 16.8. The van der Waals surface area contributed by atoms with Crippen molar-refractivity contribution in [1.82, 2.24) is 4.31 Å². The summed E-state index contributed by atoms with van der Waals surface area (Å²) in [6.45, 7) is 4.31. The Morgan fingerprint density at radius 2 is 1.71 bits per heavy atom. The van der Waals surface area contributed by atoms with Gasteiger partial charge in [-0.15, -0.1) is 0 Å². The third-order valence-electron chi connectivity index (χ3n) is 5.57. The molecule has 2 aromatic carbocycles. The molecule has 0 radical (unpaired) electrons. The molecule has 2 aliphatic rings. The number of aryl methyl sites for hydroxylation is 1. The van der Waals surface area contributed by atoms with Crippen molar-refractivity contribution in [3.8, 4) is 0 Å². The van der Waals surface area contributed by atoms with E-state index in [1.54, 1.807) is 23.4 Å². The molecule has 1 heterocycles. The second-order valence-corrected chi connectivity index (χ2v) is 9.48.